The summed E-state index contributed by atoms with van der Waals surface area (Å²) >= 11 is 0. The first-order valence-corrected chi connectivity index (χ1v) is 7.46. The van der Waals surface area contributed by atoms with E-state index in [2.05, 4.69) is 12.6 Å². The van der Waals surface area contributed by atoms with Gasteiger partial charge in [-0.3, -0.25) is 4.79 Å². The zero-order valence-electron chi connectivity index (χ0n) is 13.2. The fraction of sp³-hybridized carbons (Fsp3) is 0.316. The molecule has 0 aliphatic heterocycles. The Hall–Kier alpha value is -2.29. The number of hydrogen-bond acceptors (Lipinski definition) is 3. The van der Waals surface area contributed by atoms with Gasteiger partial charge in [0.05, 0.1) is 20.1 Å². The van der Waals surface area contributed by atoms with Crippen molar-refractivity contribution < 1.29 is 14.3 Å². The highest BCUT2D eigenvalue weighted by molar-refractivity contribution is 5.86. The number of hydrogen-bond donors (Lipinski definition) is 0. The van der Waals surface area contributed by atoms with E-state index in [0.717, 1.165) is 41.3 Å². The van der Waals surface area contributed by atoms with Crippen LogP contribution >= 0.6 is 0 Å². The van der Waals surface area contributed by atoms with Gasteiger partial charge in [-0.2, -0.15) is 0 Å². The van der Waals surface area contributed by atoms with Crippen molar-refractivity contribution in [3.05, 3.63) is 54.6 Å². The lowest BCUT2D eigenvalue weighted by atomic mass is 9.92. The van der Waals surface area contributed by atoms with E-state index in [1.807, 2.05) is 36.4 Å². The molecule has 0 bridgehead atoms. The fourth-order valence-corrected chi connectivity index (χ4v) is 2.62. The predicted molar refractivity (Wildman–Crippen MR) is 89.3 cm³/mol. The third-order valence-corrected chi connectivity index (χ3v) is 3.86. The zero-order chi connectivity index (χ0) is 15.9. The van der Waals surface area contributed by atoms with Crippen molar-refractivity contribution in [3.63, 3.8) is 0 Å². The summed E-state index contributed by atoms with van der Waals surface area (Å²) in [5, 5.41) is 2.19. The minimum atomic E-state index is -0.226. The van der Waals surface area contributed by atoms with E-state index in [0.29, 0.717) is 0 Å². The van der Waals surface area contributed by atoms with Crippen LogP contribution in [0.4, 0.5) is 0 Å². The minimum absolute atomic E-state index is 0.183. The van der Waals surface area contributed by atoms with E-state index >= 15 is 0 Å². The Morgan fingerprint density at radius 2 is 1.91 bits per heavy atom. The van der Waals surface area contributed by atoms with E-state index in [4.69, 9.17) is 9.47 Å². The average Bonchev–Trinajstić information content (AvgIpc) is 2.57. The third kappa shape index (κ3) is 3.67. The molecule has 0 aromatic heterocycles. The minimum Gasteiger partial charge on any atom is -0.497 e. The number of fused-ring (bicyclic) bond motifs is 1. The number of benzene rings is 2. The average molecular weight is 298 g/mol. The Morgan fingerprint density at radius 1 is 1.18 bits per heavy atom. The summed E-state index contributed by atoms with van der Waals surface area (Å²) in [6, 6.07) is 12.0. The van der Waals surface area contributed by atoms with Crippen LogP contribution in [0.2, 0.25) is 0 Å². The molecule has 0 amide bonds. The molecule has 0 spiro atoms. The molecule has 1 atom stereocenters. The lowest BCUT2D eigenvalue weighted by Gasteiger charge is -2.15. The second-order valence-electron chi connectivity index (χ2n) is 5.27. The van der Waals surface area contributed by atoms with Crippen molar-refractivity contribution in [1.82, 2.24) is 0 Å². The Balaban J connectivity index is 2.32. The lowest BCUT2D eigenvalue weighted by Crippen LogP contribution is -2.14. The van der Waals surface area contributed by atoms with Gasteiger partial charge in [-0.15, -0.1) is 6.58 Å². The Labute approximate surface area is 131 Å². The molecule has 0 saturated carbocycles. The molecule has 2 aromatic rings. The molecular formula is C19H22O3. The summed E-state index contributed by atoms with van der Waals surface area (Å²) in [5.74, 6) is 0.420. The molecule has 0 aliphatic rings. The van der Waals surface area contributed by atoms with E-state index in [-0.39, 0.29) is 11.9 Å². The maximum absolute atomic E-state index is 12.1. The molecular weight excluding hydrogens is 276 g/mol. The van der Waals surface area contributed by atoms with Gasteiger partial charge in [0, 0.05) is 0 Å². The number of carbonyl (C=O) groups is 1. The number of allylic oxidation sites excluding steroid dienone is 1. The zero-order valence-corrected chi connectivity index (χ0v) is 13.2. The third-order valence-electron chi connectivity index (χ3n) is 3.86. The normalized spacial score (nSPS) is 11.9. The summed E-state index contributed by atoms with van der Waals surface area (Å²) in [4.78, 5) is 12.1. The SMILES string of the molecule is C=CCCCC(C(=O)OC)c1ccc2cc(OC)ccc2c1. The molecule has 3 nitrogen and oxygen atoms in total. The molecule has 116 valence electrons. The van der Waals surface area contributed by atoms with Crippen LogP contribution in [0.5, 0.6) is 5.75 Å². The van der Waals surface area contributed by atoms with Crippen LogP contribution in [0.25, 0.3) is 10.8 Å². The van der Waals surface area contributed by atoms with Gasteiger partial charge < -0.3 is 9.47 Å². The highest BCUT2D eigenvalue weighted by atomic mass is 16.5. The molecule has 1 unspecified atom stereocenters. The Kier molecular flexibility index (Phi) is 5.59. The second kappa shape index (κ2) is 7.64. The molecule has 3 heteroatoms. The summed E-state index contributed by atoms with van der Waals surface area (Å²) in [6.45, 7) is 3.72. The van der Waals surface area contributed by atoms with Crippen LogP contribution in [0.1, 0.15) is 30.7 Å². The summed E-state index contributed by atoms with van der Waals surface area (Å²) in [6.07, 6.45) is 4.46. The van der Waals surface area contributed by atoms with Crippen molar-refractivity contribution in [2.75, 3.05) is 14.2 Å². The maximum Gasteiger partial charge on any atom is 0.313 e. The van der Waals surface area contributed by atoms with Crippen LogP contribution in [-0.2, 0) is 9.53 Å². The number of esters is 1. The Bertz CT molecular complexity index is 661. The van der Waals surface area contributed by atoms with Gasteiger partial charge in [0.25, 0.3) is 0 Å². The van der Waals surface area contributed by atoms with Crippen LogP contribution < -0.4 is 4.74 Å². The summed E-state index contributed by atoms with van der Waals surface area (Å²) in [7, 11) is 3.09. The van der Waals surface area contributed by atoms with Gasteiger partial charge in [-0.1, -0.05) is 30.3 Å². The Morgan fingerprint density at radius 3 is 2.59 bits per heavy atom. The lowest BCUT2D eigenvalue weighted by molar-refractivity contribution is -0.142. The first-order chi connectivity index (χ1) is 10.7. The van der Waals surface area contributed by atoms with E-state index < -0.39 is 0 Å². The molecule has 0 radical (unpaired) electrons. The fourth-order valence-electron chi connectivity index (χ4n) is 2.62. The van der Waals surface area contributed by atoms with Crippen molar-refractivity contribution in [2.24, 2.45) is 0 Å². The van der Waals surface area contributed by atoms with Gasteiger partial charge in [-0.05, 0) is 47.7 Å². The highest BCUT2D eigenvalue weighted by Gasteiger charge is 2.21. The smallest absolute Gasteiger partial charge is 0.313 e. The van der Waals surface area contributed by atoms with Crippen LogP contribution in [-0.4, -0.2) is 20.2 Å². The monoisotopic (exact) mass is 298 g/mol. The summed E-state index contributed by atoms with van der Waals surface area (Å²) in [5.41, 5.74) is 0.994. The van der Waals surface area contributed by atoms with E-state index in [9.17, 15) is 4.79 Å². The first-order valence-electron chi connectivity index (χ1n) is 7.46. The largest absolute Gasteiger partial charge is 0.497 e. The van der Waals surface area contributed by atoms with Gasteiger partial charge in [0.15, 0.2) is 0 Å². The van der Waals surface area contributed by atoms with Crippen LogP contribution in [0.3, 0.4) is 0 Å². The first kappa shape index (κ1) is 16.1. The van der Waals surface area contributed by atoms with E-state index in [1.165, 1.54) is 7.11 Å². The molecule has 0 N–H and O–H groups in total. The van der Waals surface area contributed by atoms with Gasteiger partial charge in [-0.25, -0.2) is 0 Å². The maximum atomic E-state index is 12.1. The van der Waals surface area contributed by atoms with Gasteiger partial charge in [0.1, 0.15) is 5.75 Å². The standard InChI is InChI=1S/C19H22O3/c1-4-5-6-7-18(19(20)22-3)16-9-8-15-13-17(21-2)11-10-14(15)12-16/h4,8-13,18H,1,5-7H2,2-3H3. The molecule has 2 rings (SSSR count). The molecule has 0 saturated heterocycles. The molecule has 0 heterocycles. The number of carbonyl (C=O) groups excluding carboxylic acids is 1. The van der Waals surface area contributed by atoms with Crippen LogP contribution in [0, 0.1) is 0 Å². The van der Waals surface area contributed by atoms with Crippen molar-refractivity contribution >= 4 is 16.7 Å². The molecule has 2 aromatic carbocycles. The number of unbranched alkanes of at least 4 members (excludes halogenated alkanes) is 1. The van der Waals surface area contributed by atoms with Crippen molar-refractivity contribution in [3.8, 4) is 5.75 Å². The van der Waals surface area contributed by atoms with Crippen molar-refractivity contribution in [1.29, 1.82) is 0 Å². The number of methoxy groups -OCH3 is 2. The topological polar surface area (TPSA) is 35.5 Å². The van der Waals surface area contributed by atoms with Crippen LogP contribution in [0.15, 0.2) is 49.1 Å². The van der Waals surface area contributed by atoms with E-state index in [1.54, 1.807) is 7.11 Å². The second-order valence-corrected chi connectivity index (χ2v) is 5.27. The van der Waals surface area contributed by atoms with Crippen molar-refractivity contribution in [2.45, 2.75) is 25.2 Å². The summed E-state index contributed by atoms with van der Waals surface area (Å²) < 4.78 is 10.2. The quantitative estimate of drug-likeness (QED) is 0.430. The van der Waals surface area contributed by atoms with Gasteiger partial charge >= 0.3 is 5.97 Å². The molecule has 0 aliphatic carbocycles. The number of ether oxygens (including phenoxy) is 2. The van der Waals surface area contributed by atoms with Gasteiger partial charge in [0.2, 0.25) is 0 Å². The highest BCUT2D eigenvalue weighted by Crippen LogP contribution is 2.28. The number of rotatable bonds is 7. The predicted octanol–water partition coefficient (Wildman–Crippen LogP) is 4.46. The molecule has 22 heavy (non-hydrogen) atoms. The molecule has 0 fully saturated rings.